The quantitative estimate of drug-likeness (QED) is 0.809. The second kappa shape index (κ2) is 8.87. The minimum atomic E-state index is -0.135. The number of carbonyl (C=O) groups is 2. The van der Waals surface area contributed by atoms with Crippen molar-refractivity contribution < 1.29 is 14.3 Å². The van der Waals surface area contributed by atoms with Gasteiger partial charge in [0.1, 0.15) is 5.75 Å². The molecule has 0 aliphatic rings. The van der Waals surface area contributed by atoms with E-state index >= 15 is 0 Å². The molecule has 2 aromatic rings. The Morgan fingerprint density at radius 1 is 1.04 bits per heavy atom. The fourth-order valence-electron chi connectivity index (χ4n) is 2.51. The van der Waals surface area contributed by atoms with E-state index in [9.17, 15) is 9.59 Å². The molecular formula is C20H24N2O3. The minimum Gasteiger partial charge on any atom is -0.497 e. The average molecular weight is 340 g/mol. The highest BCUT2D eigenvalue weighted by Crippen LogP contribution is 2.21. The molecule has 2 amide bonds. The molecule has 0 aliphatic heterocycles. The topological polar surface area (TPSA) is 67.4 Å². The van der Waals surface area contributed by atoms with Crippen LogP contribution in [0, 0.1) is 0 Å². The van der Waals surface area contributed by atoms with Crippen LogP contribution in [-0.2, 0) is 4.79 Å². The van der Waals surface area contributed by atoms with Gasteiger partial charge in [0.05, 0.1) is 7.11 Å². The van der Waals surface area contributed by atoms with Crippen LogP contribution in [0.3, 0.4) is 0 Å². The third-order valence-corrected chi connectivity index (χ3v) is 4.02. The SMILES string of the molecule is COc1ccc([C@H](C)CCNC(=O)c2ccc(NC(C)=O)cc2)cc1. The van der Waals surface area contributed by atoms with Gasteiger partial charge in [0.2, 0.25) is 5.91 Å². The van der Waals surface area contributed by atoms with Crippen LogP contribution in [0.1, 0.15) is 42.1 Å². The van der Waals surface area contributed by atoms with E-state index in [-0.39, 0.29) is 11.8 Å². The molecule has 132 valence electrons. The summed E-state index contributed by atoms with van der Waals surface area (Å²) in [5.41, 5.74) is 2.47. The number of nitrogens with one attached hydrogen (secondary N) is 2. The van der Waals surface area contributed by atoms with Gasteiger partial charge in [0, 0.05) is 24.7 Å². The zero-order valence-corrected chi connectivity index (χ0v) is 14.8. The summed E-state index contributed by atoms with van der Waals surface area (Å²) < 4.78 is 5.16. The van der Waals surface area contributed by atoms with Crippen molar-refractivity contribution in [3.8, 4) is 5.75 Å². The van der Waals surface area contributed by atoms with Crippen molar-refractivity contribution >= 4 is 17.5 Å². The number of carbonyl (C=O) groups excluding carboxylic acids is 2. The Morgan fingerprint density at radius 3 is 2.24 bits per heavy atom. The maximum Gasteiger partial charge on any atom is 0.251 e. The van der Waals surface area contributed by atoms with Crippen molar-refractivity contribution in [3.63, 3.8) is 0 Å². The molecule has 25 heavy (non-hydrogen) atoms. The van der Waals surface area contributed by atoms with E-state index < -0.39 is 0 Å². The summed E-state index contributed by atoms with van der Waals surface area (Å²) >= 11 is 0. The highest BCUT2D eigenvalue weighted by molar-refractivity contribution is 5.95. The van der Waals surface area contributed by atoms with E-state index in [4.69, 9.17) is 4.74 Å². The van der Waals surface area contributed by atoms with E-state index in [0.29, 0.717) is 23.7 Å². The number of hydrogen-bond acceptors (Lipinski definition) is 3. The first-order chi connectivity index (χ1) is 12.0. The van der Waals surface area contributed by atoms with Crippen LogP contribution >= 0.6 is 0 Å². The number of ether oxygens (including phenoxy) is 1. The van der Waals surface area contributed by atoms with Crippen molar-refractivity contribution in [2.24, 2.45) is 0 Å². The van der Waals surface area contributed by atoms with Crippen molar-refractivity contribution in [2.75, 3.05) is 19.0 Å². The van der Waals surface area contributed by atoms with Crippen molar-refractivity contribution in [1.82, 2.24) is 5.32 Å². The lowest BCUT2D eigenvalue weighted by molar-refractivity contribution is -0.114. The normalized spacial score (nSPS) is 11.5. The van der Waals surface area contributed by atoms with Crippen LogP contribution in [0.25, 0.3) is 0 Å². The molecule has 5 heteroatoms. The van der Waals surface area contributed by atoms with E-state index in [0.717, 1.165) is 12.2 Å². The molecule has 0 heterocycles. The Balaban J connectivity index is 1.81. The Kier molecular flexibility index (Phi) is 6.57. The highest BCUT2D eigenvalue weighted by atomic mass is 16.5. The lowest BCUT2D eigenvalue weighted by Gasteiger charge is -2.13. The zero-order chi connectivity index (χ0) is 18.2. The molecular weight excluding hydrogens is 316 g/mol. The largest absolute Gasteiger partial charge is 0.497 e. The predicted octanol–water partition coefficient (Wildman–Crippen LogP) is 3.58. The summed E-state index contributed by atoms with van der Waals surface area (Å²) in [6, 6.07) is 14.8. The Morgan fingerprint density at radius 2 is 1.68 bits per heavy atom. The average Bonchev–Trinajstić information content (AvgIpc) is 2.61. The number of amides is 2. The van der Waals surface area contributed by atoms with Crippen LogP contribution in [0.2, 0.25) is 0 Å². The van der Waals surface area contributed by atoms with Gasteiger partial charge < -0.3 is 15.4 Å². The minimum absolute atomic E-state index is 0.115. The molecule has 1 atom stereocenters. The van der Waals surface area contributed by atoms with Gasteiger partial charge >= 0.3 is 0 Å². The summed E-state index contributed by atoms with van der Waals surface area (Å²) in [7, 11) is 1.65. The van der Waals surface area contributed by atoms with E-state index in [1.54, 1.807) is 31.4 Å². The van der Waals surface area contributed by atoms with Gasteiger partial charge in [-0.15, -0.1) is 0 Å². The van der Waals surface area contributed by atoms with Crippen LogP contribution in [-0.4, -0.2) is 25.5 Å². The lowest BCUT2D eigenvalue weighted by atomic mass is 9.98. The Labute approximate surface area is 148 Å². The highest BCUT2D eigenvalue weighted by Gasteiger charge is 2.09. The molecule has 2 N–H and O–H groups in total. The van der Waals surface area contributed by atoms with Crippen LogP contribution < -0.4 is 15.4 Å². The van der Waals surface area contributed by atoms with Gasteiger partial charge in [-0.1, -0.05) is 19.1 Å². The van der Waals surface area contributed by atoms with Crippen molar-refractivity contribution in [3.05, 3.63) is 59.7 Å². The van der Waals surface area contributed by atoms with Gasteiger partial charge in [-0.25, -0.2) is 0 Å². The smallest absolute Gasteiger partial charge is 0.251 e. The summed E-state index contributed by atoms with van der Waals surface area (Å²) in [4.78, 5) is 23.2. The number of hydrogen-bond donors (Lipinski definition) is 2. The molecule has 5 nitrogen and oxygen atoms in total. The number of anilines is 1. The third kappa shape index (κ3) is 5.64. The molecule has 0 saturated heterocycles. The van der Waals surface area contributed by atoms with Gasteiger partial charge in [-0.05, 0) is 54.3 Å². The van der Waals surface area contributed by atoms with Gasteiger partial charge in [0.25, 0.3) is 5.91 Å². The second-order valence-corrected chi connectivity index (χ2v) is 5.98. The first kappa shape index (κ1) is 18.5. The second-order valence-electron chi connectivity index (χ2n) is 5.98. The number of methoxy groups -OCH3 is 1. The fourth-order valence-corrected chi connectivity index (χ4v) is 2.51. The molecule has 0 bridgehead atoms. The van der Waals surface area contributed by atoms with Gasteiger partial charge in [0.15, 0.2) is 0 Å². The summed E-state index contributed by atoms with van der Waals surface area (Å²) in [6.07, 6.45) is 0.849. The zero-order valence-electron chi connectivity index (χ0n) is 14.8. The van der Waals surface area contributed by atoms with Gasteiger partial charge in [-0.3, -0.25) is 9.59 Å². The molecule has 0 spiro atoms. The molecule has 2 rings (SSSR count). The molecule has 2 aromatic carbocycles. The van der Waals surface area contributed by atoms with E-state index in [1.807, 2.05) is 24.3 Å². The van der Waals surface area contributed by atoms with E-state index in [1.165, 1.54) is 12.5 Å². The van der Waals surface area contributed by atoms with Crippen molar-refractivity contribution in [2.45, 2.75) is 26.2 Å². The molecule has 0 unspecified atom stereocenters. The Hall–Kier alpha value is -2.82. The van der Waals surface area contributed by atoms with Gasteiger partial charge in [-0.2, -0.15) is 0 Å². The standard InChI is InChI=1S/C20H24N2O3/c1-14(16-6-10-19(25-3)11-7-16)12-13-21-20(24)17-4-8-18(9-5-17)22-15(2)23/h4-11,14H,12-13H2,1-3H3,(H,21,24)(H,22,23)/t14-/m1/s1. The number of rotatable bonds is 7. The summed E-state index contributed by atoms with van der Waals surface area (Å²) in [6.45, 7) is 4.18. The predicted molar refractivity (Wildman–Crippen MR) is 99.1 cm³/mol. The molecule has 0 fully saturated rings. The summed E-state index contributed by atoms with van der Waals surface area (Å²) in [5, 5.41) is 5.61. The van der Waals surface area contributed by atoms with Crippen molar-refractivity contribution in [1.29, 1.82) is 0 Å². The Bertz CT molecular complexity index is 709. The van der Waals surface area contributed by atoms with Crippen LogP contribution in [0.5, 0.6) is 5.75 Å². The van der Waals surface area contributed by atoms with Crippen LogP contribution in [0.4, 0.5) is 5.69 Å². The maximum atomic E-state index is 12.2. The molecule has 0 aliphatic carbocycles. The lowest BCUT2D eigenvalue weighted by Crippen LogP contribution is -2.25. The molecule has 0 radical (unpaired) electrons. The maximum absolute atomic E-state index is 12.2. The number of benzene rings is 2. The summed E-state index contributed by atoms with van der Waals surface area (Å²) in [5.74, 6) is 0.932. The third-order valence-electron chi connectivity index (χ3n) is 4.02. The molecule has 0 aromatic heterocycles. The first-order valence-electron chi connectivity index (χ1n) is 8.29. The van der Waals surface area contributed by atoms with Crippen LogP contribution in [0.15, 0.2) is 48.5 Å². The monoisotopic (exact) mass is 340 g/mol. The first-order valence-corrected chi connectivity index (χ1v) is 8.29. The van der Waals surface area contributed by atoms with E-state index in [2.05, 4.69) is 17.6 Å². The fraction of sp³-hybridized carbons (Fsp3) is 0.300. The molecule has 0 saturated carbocycles.